The van der Waals surface area contributed by atoms with Crippen molar-refractivity contribution < 1.29 is 9.90 Å². The van der Waals surface area contributed by atoms with Crippen molar-refractivity contribution in [2.45, 2.75) is 31.7 Å². The Labute approximate surface area is 109 Å². The van der Waals surface area contributed by atoms with Crippen LogP contribution in [0.2, 0.25) is 0 Å². The van der Waals surface area contributed by atoms with Crippen LogP contribution < -0.4 is 0 Å². The second-order valence-electron chi connectivity index (χ2n) is 4.58. The maximum Gasteiger partial charge on any atom is 0.354 e. The van der Waals surface area contributed by atoms with E-state index < -0.39 is 5.97 Å². The third-order valence-corrected chi connectivity index (χ3v) is 4.29. The van der Waals surface area contributed by atoms with Crippen molar-refractivity contribution in [1.82, 2.24) is 9.78 Å². The summed E-state index contributed by atoms with van der Waals surface area (Å²) < 4.78 is 1.71. The van der Waals surface area contributed by atoms with E-state index in [1.165, 1.54) is 0 Å². The first kappa shape index (κ1) is 11.5. The number of rotatable bonds is 3. The Morgan fingerprint density at radius 2 is 2.22 bits per heavy atom. The van der Waals surface area contributed by atoms with Gasteiger partial charge in [0.05, 0.1) is 10.9 Å². The number of hydrogen-bond acceptors (Lipinski definition) is 3. The van der Waals surface area contributed by atoms with Gasteiger partial charge in [0.25, 0.3) is 0 Å². The second-order valence-corrected chi connectivity index (χ2v) is 5.53. The molecule has 0 unspecified atom stereocenters. The molecule has 2 heterocycles. The Morgan fingerprint density at radius 3 is 2.83 bits per heavy atom. The topological polar surface area (TPSA) is 55.1 Å². The molecule has 0 radical (unpaired) electrons. The van der Waals surface area contributed by atoms with Gasteiger partial charge < -0.3 is 5.11 Å². The van der Waals surface area contributed by atoms with E-state index in [0.29, 0.717) is 5.69 Å². The van der Waals surface area contributed by atoms with Gasteiger partial charge in [0.1, 0.15) is 11.4 Å². The van der Waals surface area contributed by atoms with Gasteiger partial charge in [-0.15, -0.1) is 11.3 Å². The van der Waals surface area contributed by atoms with E-state index >= 15 is 0 Å². The van der Waals surface area contributed by atoms with E-state index in [2.05, 4.69) is 5.10 Å². The van der Waals surface area contributed by atoms with Gasteiger partial charge in [-0.05, 0) is 30.4 Å². The first-order valence-corrected chi connectivity index (χ1v) is 7.00. The summed E-state index contributed by atoms with van der Waals surface area (Å²) in [5, 5.41) is 15.8. The molecule has 2 aromatic heterocycles. The molecule has 1 saturated carbocycles. The molecule has 0 bridgehead atoms. The van der Waals surface area contributed by atoms with Gasteiger partial charge in [-0.1, -0.05) is 18.9 Å². The van der Waals surface area contributed by atoms with Gasteiger partial charge in [-0.3, -0.25) is 4.68 Å². The van der Waals surface area contributed by atoms with Crippen molar-refractivity contribution >= 4 is 17.3 Å². The largest absolute Gasteiger partial charge is 0.477 e. The number of hydrogen-bond donors (Lipinski definition) is 1. The molecule has 3 rings (SSSR count). The summed E-state index contributed by atoms with van der Waals surface area (Å²) in [5.41, 5.74) is 1.08. The Balaban J connectivity index is 2.03. The molecule has 1 aliphatic carbocycles. The van der Waals surface area contributed by atoms with Crippen LogP contribution >= 0.6 is 11.3 Å². The Kier molecular flexibility index (Phi) is 2.91. The molecule has 4 nitrogen and oxygen atoms in total. The number of aromatic nitrogens is 2. The highest BCUT2D eigenvalue weighted by Crippen LogP contribution is 2.32. The molecule has 18 heavy (non-hydrogen) atoms. The van der Waals surface area contributed by atoms with Crippen LogP contribution in [0.4, 0.5) is 0 Å². The Morgan fingerprint density at radius 1 is 1.44 bits per heavy atom. The minimum atomic E-state index is -0.891. The first-order chi connectivity index (χ1) is 8.75. The predicted octanol–water partition coefficient (Wildman–Crippen LogP) is 3.42. The zero-order valence-corrected chi connectivity index (χ0v) is 10.7. The minimum Gasteiger partial charge on any atom is -0.477 e. The van der Waals surface area contributed by atoms with Gasteiger partial charge in [0.2, 0.25) is 0 Å². The Hall–Kier alpha value is -1.62. The fraction of sp³-hybridized carbons (Fsp3) is 0.385. The molecular weight excluding hydrogens is 248 g/mol. The second kappa shape index (κ2) is 4.57. The van der Waals surface area contributed by atoms with Crippen LogP contribution in [-0.2, 0) is 0 Å². The van der Waals surface area contributed by atoms with Crippen molar-refractivity contribution in [3.63, 3.8) is 0 Å². The van der Waals surface area contributed by atoms with Crippen LogP contribution in [0.25, 0.3) is 10.6 Å². The fourth-order valence-corrected chi connectivity index (χ4v) is 3.21. The van der Waals surface area contributed by atoms with E-state index in [0.717, 1.165) is 36.3 Å². The lowest BCUT2D eigenvalue weighted by Gasteiger charge is -2.11. The number of carboxylic acid groups (broad SMARTS) is 1. The van der Waals surface area contributed by atoms with Crippen LogP contribution in [-0.4, -0.2) is 20.9 Å². The average Bonchev–Trinajstić information content (AvgIpc) is 3.10. The molecule has 1 N–H and O–H groups in total. The summed E-state index contributed by atoms with van der Waals surface area (Å²) in [5.74, 6) is -0.891. The molecular formula is C13H14N2O2S. The van der Waals surface area contributed by atoms with Crippen molar-refractivity contribution in [3.05, 3.63) is 29.3 Å². The van der Waals surface area contributed by atoms with E-state index in [4.69, 9.17) is 0 Å². The fourth-order valence-electron chi connectivity index (χ4n) is 2.53. The SMILES string of the molecule is O=C(O)c1cc(-c2cccs2)nn1C1CCCC1. The molecule has 0 aliphatic heterocycles. The molecule has 0 amide bonds. The van der Waals surface area contributed by atoms with Crippen LogP contribution in [0, 0.1) is 0 Å². The zero-order valence-electron chi connectivity index (χ0n) is 9.87. The summed E-state index contributed by atoms with van der Waals surface area (Å²) >= 11 is 1.58. The summed E-state index contributed by atoms with van der Waals surface area (Å²) in [4.78, 5) is 12.3. The van der Waals surface area contributed by atoms with Gasteiger partial charge in [0.15, 0.2) is 0 Å². The van der Waals surface area contributed by atoms with Gasteiger partial charge in [-0.25, -0.2) is 4.79 Å². The van der Waals surface area contributed by atoms with Crippen molar-refractivity contribution in [1.29, 1.82) is 0 Å². The summed E-state index contributed by atoms with van der Waals surface area (Å²) in [6, 6.07) is 5.86. The molecule has 2 aromatic rings. The third-order valence-electron chi connectivity index (χ3n) is 3.40. The average molecular weight is 262 g/mol. The summed E-state index contributed by atoms with van der Waals surface area (Å²) in [6.07, 6.45) is 4.40. The molecule has 1 aliphatic rings. The minimum absolute atomic E-state index is 0.254. The van der Waals surface area contributed by atoms with E-state index in [-0.39, 0.29) is 6.04 Å². The smallest absolute Gasteiger partial charge is 0.354 e. The van der Waals surface area contributed by atoms with E-state index in [1.54, 1.807) is 22.1 Å². The van der Waals surface area contributed by atoms with Gasteiger partial charge in [0, 0.05) is 0 Å². The van der Waals surface area contributed by atoms with Crippen LogP contribution in [0.3, 0.4) is 0 Å². The van der Waals surface area contributed by atoms with Crippen molar-refractivity contribution in [2.24, 2.45) is 0 Å². The van der Waals surface area contributed by atoms with Crippen molar-refractivity contribution in [2.75, 3.05) is 0 Å². The molecule has 1 fully saturated rings. The highest BCUT2D eigenvalue weighted by molar-refractivity contribution is 7.13. The number of carboxylic acids is 1. The van der Waals surface area contributed by atoms with Gasteiger partial charge in [-0.2, -0.15) is 5.10 Å². The third kappa shape index (κ3) is 1.95. The van der Waals surface area contributed by atoms with E-state index in [9.17, 15) is 9.90 Å². The molecule has 0 aromatic carbocycles. The summed E-state index contributed by atoms with van der Waals surface area (Å²) in [7, 11) is 0. The molecule has 0 spiro atoms. The lowest BCUT2D eigenvalue weighted by Crippen LogP contribution is -2.14. The number of carbonyl (C=O) groups is 1. The highest BCUT2D eigenvalue weighted by atomic mass is 32.1. The summed E-state index contributed by atoms with van der Waals surface area (Å²) in [6.45, 7) is 0. The molecule has 0 saturated heterocycles. The maximum absolute atomic E-state index is 11.3. The maximum atomic E-state index is 11.3. The quantitative estimate of drug-likeness (QED) is 0.922. The van der Waals surface area contributed by atoms with Crippen LogP contribution in [0.5, 0.6) is 0 Å². The first-order valence-electron chi connectivity index (χ1n) is 6.12. The van der Waals surface area contributed by atoms with Crippen molar-refractivity contribution in [3.8, 4) is 10.6 Å². The Bertz CT molecular complexity index is 554. The highest BCUT2D eigenvalue weighted by Gasteiger charge is 2.24. The molecule has 94 valence electrons. The zero-order chi connectivity index (χ0) is 12.5. The number of thiophene rings is 1. The van der Waals surface area contributed by atoms with Crippen LogP contribution in [0.1, 0.15) is 42.2 Å². The number of nitrogens with zero attached hydrogens (tertiary/aromatic N) is 2. The van der Waals surface area contributed by atoms with Gasteiger partial charge >= 0.3 is 5.97 Å². The molecule has 5 heteroatoms. The standard InChI is InChI=1S/C13H14N2O2S/c16-13(17)11-8-10(12-6-3-7-18-12)14-15(11)9-4-1-2-5-9/h3,6-9H,1-2,4-5H2,(H,16,17). The number of aromatic carboxylic acids is 1. The van der Waals surface area contributed by atoms with E-state index in [1.807, 2.05) is 17.5 Å². The van der Waals surface area contributed by atoms with Crippen LogP contribution in [0.15, 0.2) is 23.6 Å². The normalized spacial score (nSPS) is 16.2. The lowest BCUT2D eigenvalue weighted by molar-refractivity contribution is 0.0680. The molecule has 0 atom stereocenters. The predicted molar refractivity (Wildman–Crippen MR) is 70.0 cm³/mol. The monoisotopic (exact) mass is 262 g/mol. The lowest BCUT2D eigenvalue weighted by atomic mass is 10.2.